The maximum Gasteiger partial charge on any atom is 0.345 e. The molecule has 0 saturated carbocycles. The quantitative estimate of drug-likeness (QED) is 0.163. The first-order chi connectivity index (χ1) is 19.5. The lowest BCUT2D eigenvalue weighted by atomic mass is 10.1. The normalized spacial score (nSPS) is 12.2. The first-order valence-corrected chi connectivity index (χ1v) is 12.4. The molecule has 3 aromatic heterocycles. The number of nitrogens with one attached hydrogen (secondary N) is 2. The summed E-state index contributed by atoms with van der Waals surface area (Å²) in [5, 5.41) is 10.3. The standard InChI is InChI=1S/C30H22N6O4/c1-17(21-15-19-9-3-7-13-25(19)39-29(21)37)33-35-27-28(32-24-12-6-5-11-23(24)31-27)36-34-18(2)22-16-20-10-4-8-14-26(20)40-30(22)38/h3-16H,1-2H3,(H,31,35)(H,32,36)/b33-17-,34-18+. The molecule has 0 aliphatic heterocycles. The highest BCUT2D eigenvalue weighted by Gasteiger charge is 2.13. The van der Waals surface area contributed by atoms with Crippen LogP contribution in [0.2, 0.25) is 0 Å². The second kappa shape index (κ2) is 10.3. The summed E-state index contributed by atoms with van der Waals surface area (Å²) in [5.74, 6) is 0.538. The summed E-state index contributed by atoms with van der Waals surface area (Å²) in [6.07, 6.45) is 0. The Balaban J connectivity index is 1.35. The molecule has 0 bridgehead atoms. The van der Waals surface area contributed by atoms with Gasteiger partial charge in [0, 0.05) is 10.8 Å². The molecule has 2 N–H and O–H groups in total. The van der Waals surface area contributed by atoms with E-state index in [1.807, 2.05) is 48.5 Å². The van der Waals surface area contributed by atoms with Gasteiger partial charge in [-0.3, -0.25) is 10.9 Å². The molecule has 3 aromatic carbocycles. The zero-order chi connectivity index (χ0) is 27.6. The summed E-state index contributed by atoms with van der Waals surface area (Å²) < 4.78 is 10.9. The van der Waals surface area contributed by atoms with Crippen LogP contribution < -0.4 is 22.1 Å². The van der Waals surface area contributed by atoms with Gasteiger partial charge in [0.15, 0.2) is 11.6 Å². The van der Waals surface area contributed by atoms with Gasteiger partial charge in [-0.25, -0.2) is 19.6 Å². The lowest BCUT2D eigenvalue weighted by Crippen LogP contribution is -2.15. The monoisotopic (exact) mass is 530 g/mol. The SMILES string of the molecule is C/C(=N/Nc1nc2ccccc2nc1N/N=C(\C)c1cc2ccccc2oc1=O)c1cc2ccccc2oc1=O. The summed E-state index contributed by atoms with van der Waals surface area (Å²) in [6.45, 7) is 3.38. The van der Waals surface area contributed by atoms with Crippen LogP contribution in [-0.4, -0.2) is 21.4 Å². The fourth-order valence-electron chi connectivity index (χ4n) is 4.18. The molecule has 3 heterocycles. The van der Waals surface area contributed by atoms with Crippen molar-refractivity contribution < 1.29 is 8.83 Å². The van der Waals surface area contributed by atoms with Crippen molar-refractivity contribution in [2.45, 2.75) is 13.8 Å². The topological polar surface area (TPSA) is 135 Å². The van der Waals surface area contributed by atoms with E-state index in [9.17, 15) is 9.59 Å². The van der Waals surface area contributed by atoms with Crippen molar-refractivity contribution >= 4 is 56.0 Å². The number of fused-ring (bicyclic) bond motifs is 3. The van der Waals surface area contributed by atoms with Crippen molar-refractivity contribution in [3.63, 3.8) is 0 Å². The largest absolute Gasteiger partial charge is 0.422 e. The van der Waals surface area contributed by atoms with Crippen LogP contribution >= 0.6 is 0 Å². The molecule has 0 fully saturated rings. The molecule has 0 radical (unpaired) electrons. The van der Waals surface area contributed by atoms with Crippen LogP contribution in [0.25, 0.3) is 33.0 Å². The molecule has 196 valence electrons. The third-order valence-electron chi connectivity index (χ3n) is 6.29. The van der Waals surface area contributed by atoms with Crippen LogP contribution in [0.15, 0.2) is 114 Å². The number of hydrogen-bond donors (Lipinski definition) is 2. The number of nitrogens with zero attached hydrogens (tertiary/aromatic N) is 4. The molecule has 0 saturated heterocycles. The van der Waals surface area contributed by atoms with Gasteiger partial charge in [-0.2, -0.15) is 10.2 Å². The third kappa shape index (κ3) is 4.81. The Bertz CT molecular complexity index is 1950. The molecule has 10 heteroatoms. The second-order valence-electron chi connectivity index (χ2n) is 9.00. The van der Waals surface area contributed by atoms with Gasteiger partial charge >= 0.3 is 11.3 Å². The lowest BCUT2D eigenvalue weighted by molar-refractivity contribution is 0.559. The zero-order valence-electron chi connectivity index (χ0n) is 21.5. The molecule has 0 aliphatic carbocycles. The van der Waals surface area contributed by atoms with E-state index in [2.05, 4.69) is 31.0 Å². The number of anilines is 2. The van der Waals surface area contributed by atoms with Crippen LogP contribution in [-0.2, 0) is 0 Å². The highest BCUT2D eigenvalue weighted by atomic mass is 16.4. The minimum absolute atomic E-state index is 0.269. The van der Waals surface area contributed by atoms with E-state index in [0.717, 1.165) is 10.8 Å². The van der Waals surface area contributed by atoms with Gasteiger partial charge in [-0.05, 0) is 50.2 Å². The van der Waals surface area contributed by atoms with Crippen LogP contribution in [0, 0.1) is 0 Å². The number of para-hydroxylation sites is 4. The molecule has 0 amide bonds. The van der Waals surface area contributed by atoms with E-state index in [-0.39, 0.29) is 11.6 Å². The fraction of sp³-hybridized carbons (Fsp3) is 0.0667. The van der Waals surface area contributed by atoms with Crippen molar-refractivity contribution in [1.29, 1.82) is 0 Å². The molecule has 6 rings (SSSR count). The first kappa shape index (κ1) is 24.7. The van der Waals surface area contributed by atoms with Crippen molar-refractivity contribution in [2.24, 2.45) is 10.2 Å². The number of hydrogen-bond acceptors (Lipinski definition) is 10. The fourth-order valence-corrected chi connectivity index (χ4v) is 4.18. The van der Waals surface area contributed by atoms with Gasteiger partial charge in [0.1, 0.15) is 11.2 Å². The number of hydrazone groups is 2. The molecule has 10 nitrogen and oxygen atoms in total. The van der Waals surface area contributed by atoms with E-state index in [1.54, 1.807) is 50.2 Å². The Labute approximate surface area is 226 Å². The van der Waals surface area contributed by atoms with Gasteiger partial charge in [-0.15, -0.1) is 0 Å². The maximum absolute atomic E-state index is 12.6. The number of rotatable bonds is 6. The predicted molar refractivity (Wildman–Crippen MR) is 156 cm³/mol. The van der Waals surface area contributed by atoms with Crippen molar-refractivity contribution in [3.8, 4) is 0 Å². The maximum atomic E-state index is 12.6. The van der Waals surface area contributed by atoms with Crippen LogP contribution in [0.1, 0.15) is 25.0 Å². The molecule has 0 atom stereocenters. The molecule has 0 aliphatic rings. The first-order valence-electron chi connectivity index (χ1n) is 12.4. The molecule has 6 aromatic rings. The number of benzene rings is 3. The molecule has 40 heavy (non-hydrogen) atoms. The van der Waals surface area contributed by atoms with E-state index >= 15 is 0 Å². The van der Waals surface area contributed by atoms with Gasteiger partial charge < -0.3 is 8.83 Å². The minimum atomic E-state index is -0.501. The third-order valence-corrected chi connectivity index (χ3v) is 6.29. The van der Waals surface area contributed by atoms with Gasteiger partial charge in [0.05, 0.1) is 33.6 Å². The molecule has 0 spiro atoms. The summed E-state index contributed by atoms with van der Waals surface area (Å²) in [6, 6.07) is 25.3. The van der Waals surface area contributed by atoms with Crippen LogP contribution in [0.3, 0.4) is 0 Å². The Morgan fingerprint density at radius 1 is 0.625 bits per heavy atom. The molecular weight excluding hydrogens is 508 g/mol. The minimum Gasteiger partial charge on any atom is -0.422 e. The Morgan fingerprint density at radius 3 is 1.48 bits per heavy atom. The molecular formula is C30H22N6O4. The number of aromatic nitrogens is 2. The summed E-state index contributed by atoms with van der Waals surface area (Å²) in [4.78, 5) is 34.4. The van der Waals surface area contributed by atoms with E-state index in [1.165, 1.54) is 0 Å². The predicted octanol–water partition coefficient (Wildman–Crippen LogP) is 5.51. The second-order valence-corrected chi connectivity index (χ2v) is 9.00. The average molecular weight is 531 g/mol. The summed E-state index contributed by atoms with van der Waals surface area (Å²) >= 11 is 0. The van der Waals surface area contributed by atoms with Crippen molar-refractivity contribution in [3.05, 3.63) is 117 Å². The van der Waals surface area contributed by atoms with Crippen LogP contribution in [0.5, 0.6) is 0 Å². The van der Waals surface area contributed by atoms with Gasteiger partial charge in [0.2, 0.25) is 0 Å². The van der Waals surface area contributed by atoms with Crippen molar-refractivity contribution in [1.82, 2.24) is 9.97 Å². The summed E-state index contributed by atoms with van der Waals surface area (Å²) in [7, 11) is 0. The smallest absolute Gasteiger partial charge is 0.345 e. The van der Waals surface area contributed by atoms with E-state index in [4.69, 9.17) is 8.83 Å². The Morgan fingerprint density at radius 2 is 1.02 bits per heavy atom. The van der Waals surface area contributed by atoms with E-state index in [0.29, 0.717) is 44.7 Å². The summed E-state index contributed by atoms with van der Waals surface area (Å²) in [5.41, 5.74) is 8.47. The van der Waals surface area contributed by atoms with Gasteiger partial charge in [-0.1, -0.05) is 48.5 Å². The highest BCUT2D eigenvalue weighted by molar-refractivity contribution is 6.02. The highest BCUT2D eigenvalue weighted by Crippen LogP contribution is 2.22. The van der Waals surface area contributed by atoms with Gasteiger partial charge in [0.25, 0.3) is 0 Å². The lowest BCUT2D eigenvalue weighted by Gasteiger charge is -2.10. The van der Waals surface area contributed by atoms with Crippen LogP contribution in [0.4, 0.5) is 11.6 Å². The van der Waals surface area contributed by atoms with Crippen molar-refractivity contribution in [2.75, 3.05) is 10.9 Å². The zero-order valence-corrected chi connectivity index (χ0v) is 21.5. The molecule has 0 unspecified atom stereocenters. The average Bonchev–Trinajstić information content (AvgIpc) is 2.97. The Hall–Kier alpha value is -5.64. The Kier molecular flexibility index (Phi) is 6.33. The van der Waals surface area contributed by atoms with E-state index < -0.39 is 11.3 Å².